The summed E-state index contributed by atoms with van der Waals surface area (Å²) < 4.78 is 7.40. The van der Waals surface area contributed by atoms with E-state index in [1.54, 1.807) is 7.11 Å². The number of nitrogens with zero attached hydrogens (tertiary/aromatic N) is 1. The Bertz CT molecular complexity index is 950. The standard InChI is InChI=1S/C23H26N2O2/c1-16-20(22(26)24-17-10-9-13-19(14-17)27-5)15-21(23(2,3)4)25(16)18-11-7-6-8-12-18/h6-15H,1-5H3,(H,24,26). The molecule has 0 aliphatic rings. The van der Waals surface area contributed by atoms with Gasteiger partial charge in [0.2, 0.25) is 0 Å². The number of hydrogen-bond acceptors (Lipinski definition) is 2. The zero-order valence-electron chi connectivity index (χ0n) is 16.5. The van der Waals surface area contributed by atoms with Gasteiger partial charge in [-0.1, -0.05) is 45.0 Å². The Hall–Kier alpha value is -3.01. The Labute approximate surface area is 160 Å². The lowest BCUT2D eigenvalue weighted by molar-refractivity contribution is 0.102. The molecule has 0 aliphatic carbocycles. The van der Waals surface area contributed by atoms with Gasteiger partial charge in [0.25, 0.3) is 5.91 Å². The summed E-state index contributed by atoms with van der Waals surface area (Å²) in [6.07, 6.45) is 0. The predicted octanol–water partition coefficient (Wildman–Crippen LogP) is 5.34. The molecule has 1 N–H and O–H groups in total. The van der Waals surface area contributed by atoms with Crippen molar-refractivity contribution < 1.29 is 9.53 Å². The van der Waals surface area contributed by atoms with Crippen LogP contribution < -0.4 is 10.1 Å². The Morgan fingerprint density at radius 3 is 2.33 bits per heavy atom. The average Bonchev–Trinajstić information content (AvgIpc) is 3.00. The summed E-state index contributed by atoms with van der Waals surface area (Å²) in [6, 6.07) is 19.5. The number of carbonyl (C=O) groups is 1. The lowest BCUT2D eigenvalue weighted by atomic mass is 9.91. The van der Waals surface area contributed by atoms with Gasteiger partial charge in [-0.15, -0.1) is 0 Å². The number of ether oxygens (including phenoxy) is 1. The van der Waals surface area contributed by atoms with Crippen LogP contribution in [0, 0.1) is 6.92 Å². The second kappa shape index (κ2) is 7.31. The molecule has 0 saturated heterocycles. The summed E-state index contributed by atoms with van der Waals surface area (Å²) in [5.74, 6) is 0.586. The molecule has 0 fully saturated rings. The summed E-state index contributed by atoms with van der Waals surface area (Å²) in [5.41, 5.74) is 4.36. The van der Waals surface area contributed by atoms with Gasteiger partial charge in [-0.3, -0.25) is 4.79 Å². The Morgan fingerprint density at radius 1 is 1.00 bits per heavy atom. The first kappa shape index (κ1) is 18.8. The Balaban J connectivity index is 2.03. The van der Waals surface area contributed by atoms with E-state index in [2.05, 4.69) is 42.8 Å². The van der Waals surface area contributed by atoms with E-state index in [0.717, 1.165) is 17.1 Å². The third-order valence-electron chi connectivity index (χ3n) is 4.60. The van der Waals surface area contributed by atoms with Crippen molar-refractivity contribution in [2.24, 2.45) is 0 Å². The van der Waals surface area contributed by atoms with E-state index in [9.17, 15) is 4.79 Å². The fraction of sp³-hybridized carbons (Fsp3) is 0.261. The first-order valence-electron chi connectivity index (χ1n) is 9.05. The van der Waals surface area contributed by atoms with Gasteiger partial charge < -0.3 is 14.6 Å². The van der Waals surface area contributed by atoms with Crippen LogP contribution in [0.25, 0.3) is 5.69 Å². The normalized spacial score (nSPS) is 11.3. The molecule has 27 heavy (non-hydrogen) atoms. The minimum absolute atomic E-state index is 0.102. The van der Waals surface area contributed by atoms with Crippen LogP contribution in [0.2, 0.25) is 0 Å². The molecule has 4 heteroatoms. The Morgan fingerprint density at radius 2 is 1.70 bits per heavy atom. The molecule has 140 valence electrons. The number of para-hydroxylation sites is 1. The average molecular weight is 362 g/mol. The second-order valence-corrected chi connectivity index (χ2v) is 7.64. The lowest BCUT2D eigenvalue weighted by Crippen LogP contribution is -2.17. The molecule has 0 radical (unpaired) electrons. The van der Waals surface area contributed by atoms with E-state index in [1.165, 1.54) is 0 Å². The van der Waals surface area contributed by atoms with Crippen LogP contribution in [0.5, 0.6) is 5.75 Å². The minimum Gasteiger partial charge on any atom is -0.497 e. The van der Waals surface area contributed by atoms with Crippen molar-refractivity contribution in [3.05, 3.63) is 77.6 Å². The SMILES string of the molecule is COc1cccc(NC(=O)c2cc(C(C)(C)C)n(-c3ccccc3)c2C)c1. The molecule has 0 bridgehead atoms. The fourth-order valence-corrected chi connectivity index (χ4v) is 3.20. The smallest absolute Gasteiger partial charge is 0.257 e. The maximum Gasteiger partial charge on any atom is 0.257 e. The van der Waals surface area contributed by atoms with Gasteiger partial charge in [-0.2, -0.15) is 0 Å². The highest BCUT2D eigenvalue weighted by Gasteiger charge is 2.25. The molecule has 4 nitrogen and oxygen atoms in total. The topological polar surface area (TPSA) is 43.3 Å². The van der Waals surface area contributed by atoms with Crippen molar-refractivity contribution in [1.82, 2.24) is 4.57 Å². The number of anilines is 1. The molecule has 0 aliphatic heterocycles. The van der Waals surface area contributed by atoms with E-state index in [-0.39, 0.29) is 11.3 Å². The molecule has 3 aromatic rings. The van der Waals surface area contributed by atoms with Crippen LogP contribution in [0.3, 0.4) is 0 Å². The van der Waals surface area contributed by atoms with Crippen LogP contribution in [-0.2, 0) is 5.41 Å². The largest absolute Gasteiger partial charge is 0.497 e. The number of nitrogens with one attached hydrogen (secondary N) is 1. The summed E-state index contributed by atoms with van der Waals surface area (Å²) in [5, 5.41) is 2.98. The maximum atomic E-state index is 13.0. The number of amides is 1. The summed E-state index contributed by atoms with van der Waals surface area (Å²) in [7, 11) is 1.61. The van der Waals surface area contributed by atoms with E-state index in [1.807, 2.05) is 55.5 Å². The number of carbonyl (C=O) groups excluding carboxylic acids is 1. The summed E-state index contributed by atoms with van der Waals surface area (Å²) >= 11 is 0. The van der Waals surface area contributed by atoms with Gasteiger partial charge in [0.1, 0.15) is 5.75 Å². The van der Waals surface area contributed by atoms with Gasteiger partial charge >= 0.3 is 0 Å². The summed E-state index contributed by atoms with van der Waals surface area (Å²) in [4.78, 5) is 13.0. The van der Waals surface area contributed by atoms with E-state index in [0.29, 0.717) is 17.0 Å². The van der Waals surface area contributed by atoms with Crippen molar-refractivity contribution in [2.75, 3.05) is 12.4 Å². The van der Waals surface area contributed by atoms with Gasteiger partial charge in [0, 0.05) is 34.2 Å². The van der Waals surface area contributed by atoms with E-state index >= 15 is 0 Å². The molecule has 0 spiro atoms. The third kappa shape index (κ3) is 3.90. The third-order valence-corrected chi connectivity index (χ3v) is 4.60. The first-order valence-corrected chi connectivity index (χ1v) is 9.05. The molecule has 0 atom stereocenters. The van der Waals surface area contributed by atoms with E-state index < -0.39 is 0 Å². The molecule has 3 rings (SSSR count). The highest BCUT2D eigenvalue weighted by molar-refractivity contribution is 6.05. The molecular formula is C23H26N2O2. The van der Waals surface area contributed by atoms with Gasteiger partial charge in [0.05, 0.1) is 12.7 Å². The Kier molecular flexibility index (Phi) is 5.08. The van der Waals surface area contributed by atoms with Crippen molar-refractivity contribution in [3.63, 3.8) is 0 Å². The zero-order chi connectivity index (χ0) is 19.6. The van der Waals surface area contributed by atoms with Crippen molar-refractivity contribution >= 4 is 11.6 Å². The molecule has 0 unspecified atom stereocenters. The van der Waals surface area contributed by atoms with E-state index in [4.69, 9.17) is 4.74 Å². The predicted molar refractivity (Wildman–Crippen MR) is 110 cm³/mol. The van der Waals surface area contributed by atoms with Crippen LogP contribution >= 0.6 is 0 Å². The number of rotatable bonds is 4. The van der Waals surface area contributed by atoms with Gasteiger partial charge in [-0.25, -0.2) is 0 Å². The molecule has 1 aromatic heterocycles. The molecule has 0 saturated carbocycles. The lowest BCUT2D eigenvalue weighted by Gasteiger charge is -2.22. The first-order chi connectivity index (χ1) is 12.8. The number of benzene rings is 2. The quantitative estimate of drug-likeness (QED) is 0.680. The maximum absolute atomic E-state index is 13.0. The zero-order valence-corrected chi connectivity index (χ0v) is 16.5. The fourth-order valence-electron chi connectivity index (χ4n) is 3.20. The van der Waals surface area contributed by atoms with Crippen LogP contribution in [0.1, 0.15) is 42.5 Å². The van der Waals surface area contributed by atoms with Gasteiger partial charge in [0.15, 0.2) is 0 Å². The molecule has 2 aromatic carbocycles. The molecule has 1 amide bonds. The monoisotopic (exact) mass is 362 g/mol. The highest BCUT2D eigenvalue weighted by atomic mass is 16.5. The minimum atomic E-state index is -0.124. The van der Waals surface area contributed by atoms with Crippen LogP contribution in [0.15, 0.2) is 60.7 Å². The number of methoxy groups -OCH3 is 1. The van der Waals surface area contributed by atoms with Crippen molar-refractivity contribution in [2.45, 2.75) is 33.1 Å². The second-order valence-electron chi connectivity index (χ2n) is 7.64. The molecule has 1 heterocycles. The van der Waals surface area contributed by atoms with Gasteiger partial charge in [-0.05, 0) is 37.3 Å². The highest BCUT2D eigenvalue weighted by Crippen LogP contribution is 2.31. The molecular weight excluding hydrogens is 336 g/mol. The van der Waals surface area contributed by atoms with Crippen molar-refractivity contribution in [1.29, 1.82) is 0 Å². The summed E-state index contributed by atoms with van der Waals surface area (Å²) in [6.45, 7) is 8.46. The number of aromatic nitrogens is 1. The van der Waals surface area contributed by atoms with Crippen molar-refractivity contribution in [3.8, 4) is 11.4 Å². The van der Waals surface area contributed by atoms with Crippen LogP contribution in [-0.4, -0.2) is 17.6 Å². The van der Waals surface area contributed by atoms with Crippen LogP contribution in [0.4, 0.5) is 5.69 Å². The number of hydrogen-bond donors (Lipinski definition) is 1.